The number of likely N-dealkylation sites (tertiary alicyclic amines) is 1. The first-order valence-electron chi connectivity index (χ1n) is 10.6. The van der Waals surface area contributed by atoms with E-state index in [1.54, 1.807) is 0 Å². The molecule has 4 fully saturated rings. The Bertz CT molecular complexity index is 907. The van der Waals surface area contributed by atoms with Crippen LogP contribution in [-0.2, 0) is 24.4 Å². The zero-order chi connectivity index (χ0) is 20.8. The summed E-state index contributed by atoms with van der Waals surface area (Å²) >= 11 is 0. The van der Waals surface area contributed by atoms with Crippen LogP contribution in [0.5, 0.6) is 0 Å². The zero-order valence-corrected chi connectivity index (χ0v) is 17.8. The van der Waals surface area contributed by atoms with Crippen molar-refractivity contribution >= 4 is 27.6 Å². The number of hydrogen-bond acceptors (Lipinski definition) is 5. The number of Topliss-reactive ketones (excluding diaryl/α,β-unsaturated/α-hetero) is 1. The molecule has 158 valence electrons. The number of carbonyl (C=O) groups excluding carboxylic acids is 3. The fourth-order valence-electron chi connectivity index (χ4n) is 6.50. The van der Waals surface area contributed by atoms with Crippen molar-refractivity contribution in [3.05, 3.63) is 12.2 Å². The number of allylic oxidation sites excluding steroid dienone is 2. The van der Waals surface area contributed by atoms with Gasteiger partial charge >= 0.3 is 0 Å². The molecule has 0 N–H and O–H groups in total. The molecule has 0 aromatic rings. The lowest BCUT2D eigenvalue weighted by Gasteiger charge is -2.44. The number of amides is 2. The largest absolute Gasteiger partial charge is 0.299 e. The van der Waals surface area contributed by atoms with Crippen LogP contribution >= 0.6 is 0 Å². The molecule has 8 heteroatoms. The van der Waals surface area contributed by atoms with Gasteiger partial charge in [0.25, 0.3) is 0 Å². The van der Waals surface area contributed by atoms with Gasteiger partial charge in [0.2, 0.25) is 21.8 Å². The van der Waals surface area contributed by atoms with Crippen molar-refractivity contribution in [1.29, 1.82) is 0 Å². The molecule has 29 heavy (non-hydrogen) atoms. The van der Waals surface area contributed by atoms with E-state index in [9.17, 15) is 22.8 Å². The Morgan fingerprint density at radius 3 is 2.10 bits per heavy atom. The second-order valence-electron chi connectivity index (χ2n) is 10.1. The second-order valence-corrected chi connectivity index (χ2v) is 12.1. The average Bonchev–Trinajstić information content (AvgIpc) is 3.08. The van der Waals surface area contributed by atoms with Crippen molar-refractivity contribution < 1.29 is 22.8 Å². The summed E-state index contributed by atoms with van der Waals surface area (Å²) in [4.78, 5) is 39.4. The molecule has 2 heterocycles. The first kappa shape index (κ1) is 19.4. The molecule has 0 radical (unpaired) electrons. The summed E-state index contributed by atoms with van der Waals surface area (Å²) in [5.41, 5.74) is -1.09. The van der Waals surface area contributed by atoms with E-state index in [1.807, 2.05) is 26.0 Å². The zero-order valence-electron chi connectivity index (χ0n) is 17.0. The van der Waals surface area contributed by atoms with Crippen LogP contribution < -0.4 is 0 Å². The van der Waals surface area contributed by atoms with Crippen molar-refractivity contribution in [1.82, 2.24) is 9.21 Å². The van der Waals surface area contributed by atoms with Gasteiger partial charge < -0.3 is 0 Å². The number of sulfonamides is 1. The number of fused-ring (bicyclic) bond motifs is 3. The summed E-state index contributed by atoms with van der Waals surface area (Å²) in [5, 5.41) is 0. The van der Waals surface area contributed by atoms with Gasteiger partial charge in [-0.15, -0.1) is 0 Å². The molecule has 0 aromatic carbocycles. The summed E-state index contributed by atoms with van der Waals surface area (Å²) in [6.45, 7) is 4.37. The second kappa shape index (κ2) is 6.00. The quantitative estimate of drug-likeness (QED) is 0.506. The predicted octanol–water partition coefficient (Wildman–Crippen LogP) is 1.35. The summed E-state index contributed by atoms with van der Waals surface area (Å²) in [6.07, 6.45) is 7.09. The third kappa shape index (κ3) is 2.45. The van der Waals surface area contributed by atoms with Crippen molar-refractivity contribution in [2.45, 2.75) is 52.0 Å². The van der Waals surface area contributed by atoms with Gasteiger partial charge in [-0.1, -0.05) is 26.0 Å². The van der Waals surface area contributed by atoms with Gasteiger partial charge in [-0.3, -0.25) is 19.3 Å². The van der Waals surface area contributed by atoms with Gasteiger partial charge in [0.1, 0.15) is 5.78 Å². The third-order valence-corrected chi connectivity index (χ3v) is 10.6. The number of rotatable bonds is 4. The van der Waals surface area contributed by atoms with Gasteiger partial charge in [-0.05, 0) is 37.0 Å². The molecule has 3 aliphatic carbocycles. The van der Waals surface area contributed by atoms with Gasteiger partial charge in [0.15, 0.2) is 0 Å². The molecule has 5 aliphatic rings. The van der Waals surface area contributed by atoms with Gasteiger partial charge in [-0.2, -0.15) is 4.31 Å². The maximum atomic E-state index is 13.1. The number of nitrogens with zero attached hydrogens (tertiary/aromatic N) is 2. The predicted molar refractivity (Wildman–Crippen MR) is 105 cm³/mol. The van der Waals surface area contributed by atoms with Gasteiger partial charge in [0, 0.05) is 24.9 Å². The Morgan fingerprint density at radius 2 is 1.62 bits per heavy atom. The van der Waals surface area contributed by atoms with E-state index in [-0.39, 0.29) is 65.7 Å². The highest BCUT2D eigenvalue weighted by molar-refractivity contribution is 7.89. The molecule has 0 unspecified atom stereocenters. The molecule has 2 saturated heterocycles. The third-order valence-electron chi connectivity index (χ3n) is 8.70. The highest BCUT2D eigenvalue weighted by Gasteiger charge is 2.66. The Labute approximate surface area is 171 Å². The minimum atomic E-state index is -3.63. The minimum Gasteiger partial charge on any atom is -0.299 e. The summed E-state index contributed by atoms with van der Waals surface area (Å²) < 4.78 is 27.6. The minimum absolute atomic E-state index is 0.0841. The highest BCUT2D eigenvalue weighted by Crippen LogP contribution is 2.64. The fourth-order valence-corrected chi connectivity index (χ4v) is 8.78. The van der Waals surface area contributed by atoms with E-state index in [1.165, 1.54) is 9.21 Å². The Hall–Kier alpha value is -1.54. The lowest BCUT2D eigenvalue weighted by molar-refractivity contribution is -0.145. The van der Waals surface area contributed by atoms with E-state index < -0.39 is 15.4 Å². The van der Waals surface area contributed by atoms with E-state index in [0.717, 1.165) is 6.42 Å². The van der Waals surface area contributed by atoms with Gasteiger partial charge in [0.05, 0.1) is 23.6 Å². The average molecular weight is 421 g/mol. The first-order valence-corrected chi connectivity index (χ1v) is 12.2. The smallest absolute Gasteiger partial charge is 0.233 e. The number of hydrogen-bond donors (Lipinski definition) is 0. The monoisotopic (exact) mass is 420 g/mol. The van der Waals surface area contributed by atoms with Crippen LogP contribution in [0.2, 0.25) is 0 Å². The molecule has 5 rings (SSSR count). The van der Waals surface area contributed by atoms with Gasteiger partial charge in [-0.25, -0.2) is 8.42 Å². The summed E-state index contributed by atoms with van der Waals surface area (Å²) in [5.74, 6) is -0.682. The molecule has 2 amide bonds. The van der Waals surface area contributed by atoms with E-state index in [0.29, 0.717) is 25.7 Å². The molecule has 7 nitrogen and oxygen atoms in total. The Morgan fingerprint density at radius 1 is 1.03 bits per heavy atom. The lowest BCUT2D eigenvalue weighted by atomic mass is 9.70. The normalized spacial score (nSPS) is 39.3. The number of carbonyl (C=O) groups is 3. The molecular formula is C21H28N2O5S. The molecule has 2 bridgehead atoms. The topological polar surface area (TPSA) is 91.8 Å². The van der Waals surface area contributed by atoms with Crippen LogP contribution in [0.15, 0.2) is 12.2 Å². The fraction of sp³-hybridized carbons (Fsp3) is 0.762. The first-order chi connectivity index (χ1) is 13.6. The van der Waals surface area contributed by atoms with Crippen LogP contribution in [-0.4, -0.2) is 60.1 Å². The molecule has 0 spiro atoms. The SMILES string of the molecule is CC1(C)[C@H]2CC[C@@]1(CS(=O)(=O)N1CC(N3C(=O)[C@H]4CC=CC[C@H]4C3=O)C1)C(=O)C2. The maximum Gasteiger partial charge on any atom is 0.233 e. The highest BCUT2D eigenvalue weighted by atomic mass is 32.2. The summed E-state index contributed by atoms with van der Waals surface area (Å²) in [7, 11) is -3.63. The standard InChI is InChI=1S/C21H28N2O5S/c1-20(2)13-7-8-21(20,17(24)9-13)12-29(27,28)22-10-14(11-22)23-18(25)15-5-3-4-6-16(15)19(23)26/h3-4,13-16H,5-12H2,1-2H3/t13-,15-,16+,21+/m0/s1. The molecule has 2 saturated carbocycles. The molecule has 4 atom stereocenters. The van der Waals surface area contributed by atoms with E-state index in [4.69, 9.17) is 0 Å². The van der Waals surface area contributed by atoms with Crippen LogP contribution in [0, 0.1) is 28.6 Å². The van der Waals surface area contributed by atoms with Crippen LogP contribution in [0.3, 0.4) is 0 Å². The Balaban J connectivity index is 1.29. The summed E-state index contributed by atoms with van der Waals surface area (Å²) in [6, 6.07) is -0.378. The maximum absolute atomic E-state index is 13.1. The van der Waals surface area contributed by atoms with Crippen LogP contribution in [0.4, 0.5) is 0 Å². The Kier molecular flexibility index (Phi) is 4.02. The van der Waals surface area contributed by atoms with Crippen LogP contribution in [0.1, 0.15) is 46.0 Å². The molecule has 0 aromatic heterocycles. The van der Waals surface area contributed by atoms with Crippen molar-refractivity contribution in [2.75, 3.05) is 18.8 Å². The van der Waals surface area contributed by atoms with Crippen LogP contribution in [0.25, 0.3) is 0 Å². The lowest BCUT2D eigenvalue weighted by Crippen LogP contribution is -2.63. The molecular weight excluding hydrogens is 392 g/mol. The van der Waals surface area contributed by atoms with E-state index >= 15 is 0 Å². The number of ketones is 1. The van der Waals surface area contributed by atoms with E-state index in [2.05, 4.69) is 0 Å². The van der Waals surface area contributed by atoms with Crippen molar-refractivity contribution in [2.24, 2.45) is 28.6 Å². The van der Waals surface area contributed by atoms with Crippen molar-refractivity contribution in [3.63, 3.8) is 0 Å². The number of imide groups is 1. The van der Waals surface area contributed by atoms with Crippen molar-refractivity contribution in [3.8, 4) is 0 Å². The molecule has 2 aliphatic heterocycles.